The molecule has 8 nitrogen and oxygen atoms in total. The van der Waals surface area contributed by atoms with E-state index in [9.17, 15) is 0 Å². The van der Waals surface area contributed by atoms with Gasteiger partial charge in [-0.1, -0.05) is 95.1 Å². The second-order valence-corrected chi connectivity index (χ2v) is 15.8. The summed E-state index contributed by atoms with van der Waals surface area (Å²) in [6.45, 7) is 13.4. The first-order valence-electron chi connectivity index (χ1n) is 21.2. The zero-order valence-corrected chi connectivity index (χ0v) is 37.9. The summed E-state index contributed by atoms with van der Waals surface area (Å²) in [6.07, 6.45) is 1.52. The van der Waals surface area contributed by atoms with Gasteiger partial charge in [-0.15, -0.1) is 0 Å². The Balaban J connectivity index is 1.26. The molecule has 0 N–H and O–H groups in total. The van der Waals surface area contributed by atoms with Crippen molar-refractivity contribution < 1.29 is 28.4 Å². The lowest BCUT2D eigenvalue weighted by molar-refractivity contribution is 0.263. The van der Waals surface area contributed by atoms with Crippen LogP contribution in [-0.2, 0) is 9.47 Å². The Bertz CT molecular complexity index is 2350. The van der Waals surface area contributed by atoms with Crippen LogP contribution in [0.3, 0.4) is 0 Å². The number of methoxy groups -OCH3 is 4. The molecule has 6 rings (SSSR count). The van der Waals surface area contributed by atoms with Crippen LogP contribution in [0.4, 0.5) is 11.4 Å². The molecule has 2 atom stereocenters. The highest BCUT2D eigenvalue weighted by Gasteiger charge is 2.30. The number of hydrogen-bond donors (Lipinski definition) is 0. The zero-order valence-electron chi connectivity index (χ0n) is 37.9. The van der Waals surface area contributed by atoms with Crippen molar-refractivity contribution in [1.29, 1.82) is 0 Å². The van der Waals surface area contributed by atoms with E-state index in [4.69, 9.17) is 38.4 Å². The van der Waals surface area contributed by atoms with Gasteiger partial charge in [-0.3, -0.25) is 0 Å². The predicted octanol–water partition coefficient (Wildman–Crippen LogP) is 12.8. The molecular weight excluding hydrogens is 773 g/mol. The van der Waals surface area contributed by atoms with Gasteiger partial charge < -0.3 is 28.4 Å². The fourth-order valence-corrected chi connectivity index (χ4v) is 7.75. The minimum Gasteiger partial charge on any atom is -0.496 e. The molecule has 8 heteroatoms. The second-order valence-electron chi connectivity index (χ2n) is 15.8. The number of benzene rings is 6. The molecule has 0 saturated heterocycles. The van der Waals surface area contributed by atoms with Gasteiger partial charge >= 0.3 is 0 Å². The maximum absolute atomic E-state index is 6.64. The van der Waals surface area contributed by atoms with Crippen molar-refractivity contribution in [2.24, 2.45) is 9.98 Å². The maximum Gasteiger partial charge on any atom is 0.200 e. The molecule has 0 aliphatic carbocycles. The van der Waals surface area contributed by atoms with Gasteiger partial charge in [-0.25, -0.2) is 9.98 Å². The Hall–Kier alpha value is -6.54. The molecular formula is C54H60N2O6. The largest absolute Gasteiger partial charge is 0.496 e. The van der Waals surface area contributed by atoms with Crippen LogP contribution in [0.2, 0.25) is 0 Å². The number of rotatable bonds is 17. The summed E-state index contributed by atoms with van der Waals surface area (Å²) in [5, 5.41) is 0. The minimum absolute atomic E-state index is 0.403. The Labute approximate surface area is 368 Å². The lowest BCUT2D eigenvalue weighted by atomic mass is 9.87. The molecule has 62 heavy (non-hydrogen) atoms. The Morgan fingerprint density at radius 2 is 0.726 bits per heavy atom. The van der Waals surface area contributed by atoms with E-state index in [1.54, 1.807) is 28.4 Å². The molecule has 0 aromatic heterocycles. The van der Waals surface area contributed by atoms with Gasteiger partial charge in [0.05, 0.1) is 64.9 Å². The Morgan fingerprint density at radius 1 is 0.403 bits per heavy atom. The third kappa shape index (κ3) is 11.2. The van der Waals surface area contributed by atoms with Gasteiger partial charge in [0.2, 0.25) is 11.8 Å². The Kier molecular flexibility index (Phi) is 15.5. The van der Waals surface area contributed by atoms with Gasteiger partial charge in [-0.2, -0.15) is 0 Å². The van der Waals surface area contributed by atoms with Gasteiger partial charge in [0.15, 0.2) is 0 Å². The molecule has 0 saturated carbocycles. The lowest BCUT2D eigenvalue weighted by Crippen LogP contribution is -2.19. The fraction of sp³-hybridized carbons (Fsp3) is 0.296. The van der Waals surface area contributed by atoms with Gasteiger partial charge in [-0.05, 0) is 114 Å². The highest BCUT2D eigenvalue weighted by molar-refractivity contribution is 5.92. The predicted molar refractivity (Wildman–Crippen MR) is 252 cm³/mol. The summed E-state index contributed by atoms with van der Waals surface area (Å²) in [6, 6.07) is 41.1. The van der Waals surface area contributed by atoms with Crippen LogP contribution >= 0.6 is 0 Å². The number of nitrogens with zero attached hydrogens (tertiary/aromatic N) is 2. The number of hydrogen-bond acceptors (Lipinski definition) is 8. The maximum atomic E-state index is 6.64. The van der Waals surface area contributed by atoms with E-state index >= 15 is 0 Å². The summed E-state index contributed by atoms with van der Waals surface area (Å²) < 4.78 is 37.4. The highest BCUT2D eigenvalue weighted by Crippen LogP contribution is 2.42. The van der Waals surface area contributed by atoms with Crippen LogP contribution in [0.1, 0.15) is 80.3 Å². The standard InChI is InChI=1S/C54H60N2O6/c1-35-15-13-17-41(29-35)55-53(59-9)51(43-31-37(3)19-23-47(43)57-7)45-33-39(5)21-25-49(45)61-27-11-12-28-62-50-26-22-40(6)34-46(50)52(44-32-38(4)20-24-48(44)58-8)54(60-10)56-42-18-14-16-36(2)30-42/h13-26,29-34,51-52H,11-12,27-28H2,1-10H3/t51-,52?/m0/s1. The normalized spacial score (nSPS) is 12.7. The molecule has 0 bridgehead atoms. The average molecular weight is 833 g/mol. The number of aliphatic imine (C=N–C) groups is 2. The summed E-state index contributed by atoms with van der Waals surface area (Å²) in [4.78, 5) is 10.1. The van der Waals surface area contributed by atoms with Crippen molar-refractivity contribution in [2.45, 2.75) is 66.2 Å². The minimum atomic E-state index is -0.403. The summed E-state index contributed by atoms with van der Waals surface area (Å²) in [5.74, 6) is 3.29. The molecule has 6 aromatic carbocycles. The molecule has 322 valence electrons. The zero-order chi connectivity index (χ0) is 44.2. The van der Waals surface area contributed by atoms with Gasteiger partial charge in [0, 0.05) is 22.3 Å². The summed E-state index contributed by atoms with van der Waals surface area (Å²) >= 11 is 0. The lowest BCUT2D eigenvalue weighted by Gasteiger charge is -2.25. The van der Waals surface area contributed by atoms with Crippen molar-refractivity contribution in [3.05, 3.63) is 177 Å². The molecule has 0 radical (unpaired) electrons. The third-order valence-corrected chi connectivity index (χ3v) is 10.8. The monoisotopic (exact) mass is 832 g/mol. The summed E-state index contributed by atoms with van der Waals surface area (Å²) in [7, 11) is 6.73. The molecule has 0 fully saturated rings. The van der Waals surface area contributed by atoms with E-state index in [-0.39, 0.29) is 0 Å². The Morgan fingerprint density at radius 3 is 1.05 bits per heavy atom. The molecule has 0 spiro atoms. The van der Waals surface area contributed by atoms with Crippen molar-refractivity contribution >= 4 is 23.2 Å². The second kappa shape index (κ2) is 21.3. The number of ether oxygens (including phenoxy) is 6. The average Bonchev–Trinajstić information content (AvgIpc) is 3.25. The molecule has 0 aliphatic heterocycles. The topological polar surface area (TPSA) is 80.1 Å². The molecule has 1 unspecified atom stereocenters. The van der Waals surface area contributed by atoms with E-state index in [0.29, 0.717) is 25.0 Å². The first-order valence-corrected chi connectivity index (χ1v) is 21.2. The van der Waals surface area contributed by atoms with Gasteiger partial charge in [0.25, 0.3) is 0 Å². The molecule has 6 aromatic rings. The van der Waals surface area contributed by atoms with Crippen LogP contribution in [0.15, 0.2) is 131 Å². The third-order valence-electron chi connectivity index (χ3n) is 10.8. The van der Waals surface area contributed by atoms with Crippen molar-refractivity contribution in [2.75, 3.05) is 41.7 Å². The van der Waals surface area contributed by atoms with Crippen LogP contribution in [-0.4, -0.2) is 53.4 Å². The van der Waals surface area contributed by atoms with E-state index in [0.717, 1.165) is 103 Å². The highest BCUT2D eigenvalue weighted by atomic mass is 16.5. The molecule has 0 heterocycles. The van der Waals surface area contributed by atoms with Crippen LogP contribution in [0.25, 0.3) is 0 Å². The van der Waals surface area contributed by atoms with E-state index < -0.39 is 11.8 Å². The van der Waals surface area contributed by atoms with E-state index in [1.807, 2.05) is 72.8 Å². The van der Waals surface area contributed by atoms with Crippen LogP contribution in [0.5, 0.6) is 23.0 Å². The first kappa shape index (κ1) is 45.0. The van der Waals surface area contributed by atoms with Crippen molar-refractivity contribution in [3.8, 4) is 23.0 Å². The smallest absolute Gasteiger partial charge is 0.200 e. The van der Waals surface area contributed by atoms with Crippen LogP contribution < -0.4 is 18.9 Å². The van der Waals surface area contributed by atoms with E-state index in [1.165, 1.54) is 0 Å². The quantitative estimate of drug-likeness (QED) is 0.0517. The number of aryl methyl sites for hydroxylation is 6. The fourth-order valence-electron chi connectivity index (χ4n) is 7.75. The summed E-state index contributed by atoms with van der Waals surface area (Å²) in [5.41, 5.74) is 12.0. The van der Waals surface area contributed by atoms with E-state index in [2.05, 4.69) is 90.1 Å². The van der Waals surface area contributed by atoms with Crippen LogP contribution in [0, 0.1) is 41.5 Å². The SMILES string of the molecule is COC(=Nc1cccc(C)c1)C(c1cc(C)ccc1OC)c1cc(C)ccc1OCCCCOc1ccc(C)cc1[C@@H](C(=Nc1cccc(C)c1)OC)c1cc(C)ccc1OC. The molecule has 0 amide bonds. The van der Waals surface area contributed by atoms with Crippen molar-refractivity contribution in [3.63, 3.8) is 0 Å². The number of unbranched alkanes of at least 4 members (excludes halogenated alkanes) is 1. The van der Waals surface area contributed by atoms with Crippen molar-refractivity contribution in [1.82, 2.24) is 0 Å². The first-order chi connectivity index (χ1) is 30.0. The van der Waals surface area contributed by atoms with Gasteiger partial charge in [0.1, 0.15) is 23.0 Å². The molecule has 0 aliphatic rings.